The van der Waals surface area contributed by atoms with E-state index in [0.717, 1.165) is 16.7 Å². The summed E-state index contributed by atoms with van der Waals surface area (Å²) in [4.78, 5) is 24.0. The van der Waals surface area contributed by atoms with Crippen LogP contribution in [0.2, 0.25) is 0 Å². The largest absolute Gasteiger partial charge is 0.489 e. The lowest BCUT2D eigenvalue weighted by atomic mass is 9.99. The van der Waals surface area contributed by atoms with Gasteiger partial charge in [0.05, 0.1) is 13.0 Å². The second-order valence-electron chi connectivity index (χ2n) is 8.17. The van der Waals surface area contributed by atoms with Crippen LogP contribution in [-0.2, 0) is 29.1 Å². The Labute approximate surface area is 202 Å². The molecular formula is C28H26FNO5. The minimum atomic E-state index is -0.680. The van der Waals surface area contributed by atoms with Gasteiger partial charge in [0, 0.05) is 34.7 Å². The standard InChI is InChI=1S/C28H26FNO5/c1-3-33-27(32)14-22-8-7-20(17(2)31)12-25(22)34-16-19-10-23-13-26(29)35-28(23)24(11-19)21-6-4-5-18(9-21)15-30/h4-13H,3,14-16,30H2,1-2H3. The number of hydrogen-bond acceptors (Lipinski definition) is 6. The van der Waals surface area contributed by atoms with Crippen LogP contribution in [0.15, 0.2) is 65.1 Å². The van der Waals surface area contributed by atoms with Gasteiger partial charge < -0.3 is 19.6 Å². The van der Waals surface area contributed by atoms with Gasteiger partial charge in [-0.2, -0.15) is 4.39 Å². The molecule has 0 aliphatic heterocycles. The SMILES string of the molecule is CCOC(=O)Cc1ccc(C(C)=O)cc1OCc1cc(-c2cccc(CN)c2)c2oc(F)cc2c1. The van der Waals surface area contributed by atoms with Crippen LogP contribution in [0.4, 0.5) is 4.39 Å². The van der Waals surface area contributed by atoms with Crippen molar-refractivity contribution in [3.05, 3.63) is 88.9 Å². The van der Waals surface area contributed by atoms with E-state index < -0.39 is 6.01 Å². The molecule has 180 valence electrons. The van der Waals surface area contributed by atoms with E-state index in [2.05, 4.69) is 0 Å². The summed E-state index contributed by atoms with van der Waals surface area (Å²) in [6.45, 7) is 3.98. The van der Waals surface area contributed by atoms with Crippen LogP contribution < -0.4 is 10.5 Å². The third-order valence-corrected chi connectivity index (χ3v) is 5.63. The van der Waals surface area contributed by atoms with E-state index >= 15 is 0 Å². The molecule has 0 bridgehead atoms. The first-order valence-electron chi connectivity index (χ1n) is 11.3. The highest BCUT2D eigenvalue weighted by Crippen LogP contribution is 2.33. The van der Waals surface area contributed by atoms with Gasteiger partial charge in [-0.25, -0.2) is 0 Å². The van der Waals surface area contributed by atoms with E-state index in [1.807, 2.05) is 30.3 Å². The van der Waals surface area contributed by atoms with Gasteiger partial charge in [-0.1, -0.05) is 30.3 Å². The molecule has 1 heterocycles. The predicted molar refractivity (Wildman–Crippen MR) is 131 cm³/mol. The van der Waals surface area contributed by atoms with E-state index in [1.54, 1.807) is 31.2 Å². The van der Waals surface area contributed by atoms with Gasteiger partial charge >= 0.3 is 5.97 Å². The molecule has 0 saturated carbocycles. The van der Waals surface area contributed by atoms with Crippen molar-refractivity contribution < 1.29 is 27.9 Å². The molecule has 0 saturated heterocycles. The van der Waals surface area contributed by atoms with E-state index in [0.29, 0.717) is 40.0 Å². The number of rotatable bonds is 9. The summed E-state index contributed by atoms with van der Waals surface area (Å²) in [6.07, 6.45) is 0.0183. The smallest absolute Gasteiger partial charge is 0.310 e. The van der Waals surface area contributed by atoms with Gasteiger partial charge in [0.25, 0.3) is 6.01 Å². The number of fused-ring (bicyclic) bond motifs is 1. The van der Waals surface area contributed by atoms with Crippen molar-refractivity contribution in [1.82, 2.24) is 0 Å². The highest BCUT2D eigenvalue weighted by molar-refractivity contribution is 5.95. The van der Waals surface area contributed by atoms with E-state index in [1.165, 1.54) is 13.0 Å². The molecule has 4 rings (SSSR count). The summed E-state index contributed by atoms with van der Waals surface area (Å²) in [5.74, 6) is -0.0870. The number of carbonyl (C=O) groups excluding carboxylic acids is 2. The van der Waals surface area contributed by atoms with Crippen molar-refractivity contribution in [3.63, 3.8) is 0 Å². The number of furan rings is 1. The first kappa shape index (κ1) is 24.2. The molecule has 0 radical (unpaired) electrons. The lowest BCUT2D eigenvalue weighted by molar-refractivity contribution is -0.142. The second kappa shape index (κ2) is 10.5. The van der Waals surface area contributed by atoms with Crippen LogP contribution in [0.25, 0.3) is 22.1 Å². The molecule has 6 nitrogen and oxygen atoms in total. The fraction of sp³-hybridized carbons (Fsp3) is 0.214. The molecule has 0 unspecified atom stereocenters. The Bertz CT molecular complexity index is 1390. The molecule has 7 heteroatoms. The van der Waals surface area contributed by atoms with Crippen LogP contribution in [0, 0.1) is 6.01 Å². The third kappa shape index (κ3) is 5.58. The number of halogens is 1. The summed E-state index contributed by atoms with van der Waals surface area (Å²) < 4.78 is 30.5. The Balaban J connectivity index is 1.69. The van der Waals surface area contributed by atoms with Crippen molar-refractivity contribution in [2.75, 3.05) is 6.61 Å². The average Bonchev–Trinajstić information content (AvgIpc) is 3.22. The number of nitrogens with two attached hydrogens (primary N) is 1. The maximum atomic E-state index is 14.0. The third-order valence-electron chi connectivity index (χ3n) is 5.63. The maximum Gasteiger partial charge on any atom is 0.310 e. The van der Waals surface area contributed by atoms with Gasteiger partial charge in [0.1, 0.15) is 17.9 Å². The lowest BCUT2D eigenvalue weighted by Crippen LogP contribution is -2.10. The Hall–Kier alpha value is -3.97. The van der Waals surface area contributed by atoms with E-state index in [4.69, 9.17) is 19.6 Å². The fourth-order valence-corrected chi connectivity index (χ4v) is 3.93. The zero-order valence-electron chi connectivity index (χ0n) is 19.6. The van der Waals surface area contributed by atoms with Crippen molar-refractivity contribution >= 4 is 22.7 Å². The molecule has 1 aromatic heterocycles. The Morgan fingerprint density at radius 1 is 1.03 bits per heavy atom. The summed E-state index contributed by atoms with van der Waals surface area (Å²) in [5.41, 5.74) is 10.6. The Kier molecular flexibility index (Phi) is 7.27. The maximum absolute atomic E-state index is 14.0. The van der Waals surface area contributed by atoms with Gasteiger partial charge in [-0.15, -0.1) is 0 Å². The van der Waals surface area contributed by atoms with E-state index in [-0.39, 0.29) is 31.4 Å². The van der Waals surface area contributed by atoms with Crippen LogP contribution in [0.1, 0.15) is 40.9 Å². The van der Waals surface area contributed by atoms with Gasteiger partial charge in [0.2, 0.25) is 0 Å². The quantitative estimate of drug-likeness (QED) is 0.251. The molecule has 0 amide bonds. The number of Topliss-reactive ketones (excluding diaryl/α,β-unsaturated/α-hetero) is 1. The van der Waals surface area contributed by atoms with Crippen molar-refractivity contribution in [1.29, 1.82) is 0 Å². The van der Waals surface area contributed by atoms with Gasteiger partial charge in [-0.05, 0) is 54.8 Å². The molecule has 0 aliphatic rings. The number of carbonyl (C=O) groups is 2. The zero-order chi connectivity index (χ0) is 24.9. The Morgan fingerprint density at radius 3 is 2.60 bits per heavy atom. The topological polar surface area (TPSA) is 91.8 Å². The lowest BCUT2D eigenvalue weighted by Gasteiger charge is -2.14. The van der Waals surface area contributed by atoms with Crippen molar-refractivity contribution in [2.45, 2.75) is 33.4 Å². The first-order chi connectivity index (χ1) is 16.9. The summed E-state index contributed by atoms with van der Waals surface area (Å²) in [6, 6.07) is 17.0. The number of esters is 1. The summed E-state index contributed by atoms with van der Waals surface area (Å²) in [7, 11) is 0. The monoisotopic (exact) mass is 475 g/mol. The zero-order valence-corrected chi connectivity index (χ0v) is 19.6. The van der Waals surface area contributed by atoms with Crippen LogP contribution in [-0.4, -0.2) is 18.4 Å². The molecule has 3 aromatic carbocycles. The van der Waals surface area contributed by atoms with Crippen molar-refractivity contribution in [3.8, 4) is 16.9 Å². The molecule has 0 fully saturated rings. The van der Waals surface area contributed by atoms with Crippen molar-refractivity contribution in [2.24, 2.45) is 5.73 Å². The number of ketones is 1. The first-order valence-corrected chi connectivity index (χ1v) is 11.3. The summed E-state index contributed by atoms with van der Waals surface area (Å²) in [5, 5.41) is 0.598. The van der Waals surface area contributed by atoms with Crippen LogP contribution in [0.5, 0.6) is 5.75 Å². The highest BCUT2D eigenvalue weighted by atomic mass is 19.1. The average molecular weight is 476 g/mol. The normalized spacial score (nSPS) is 11.0. The van der Waals surface area contributed by atoms with E-state index in [9.17, 15) is 14.0 Å². The molecule has 4 aromatic rings. The predicted octanol–water partition coefficient (Wildman–Crippen LogP) is 5.58. The molecule has 35 heavy (non-hydrogen) atoms. The molecule has 0 aliphatic carbocycles. The highest BCUT2D eigenvalue weighted by Gasteiger charge is 2.16. The fourth-order valence-electron chi connectivity index (χ4n) is 3.93. The molecular weight excluding hydrogens is 449 g/mol. The van der Waals surface area contributed by atoms with Gasteiger partial charge in [0.15, 0.2) is 5.78 Å². The summed E-state index contributed by atoms with van der Waals surface area (Å²) >= 11 is 0. The minimum absolute atomic E-state index is 0.0183. The number of benzene rings is 3. The number of ether oxygens (including phenoxy) is 2. The minimum Gasteiger partial charge on any atom is -0.489 e. The van der Waals surface area contributed by atoms with Crippen LogP contribution in [0.3, 0.4) is 0 Å². The van der Waals surface area contributed by atoms with Crippen LogP contribution >= 0.6 is 0 Å². The second-order valence-corrected chi connectivity index (χ2v) is 8.17. The molecule has 2 N–H and O–H groups in total. The Morgan fingerprint density at radius 2 is 1.86 bits per heavy atom. The molecule has 0 spiro atoms. The molecule has 0 atom stereocenters. The van der Waals surface area contributed by atoms with Gasteiger partial charge in [-0.3, -0.25) is 9.59 Å². The number of hydrogen-bond donors (Lipinski definition) is 1.